The summed E-state index contributed by atoms with van der Waals surface area (Å²) in [6, 6.07) is 6.07. The molecule has 218 valence electrons. The summed E-state index contributed by atoms with van der Waals surface area (Å²) in [6.45, 7) is 18.9. The van der Waals surface area contributed by atoms with Gasteiger partial charge in [-0.05, 0) is 80.9 Å². The van der Waals surface area contributed by atoms with Crippen molar-refractivity contribution < 1.29 is 28.5 Å². The second-order valence-electron chi connectivity index (χ2n) is 12.4. The highest BCUT2D eigenvalue weighted by atomic mass is 16.6. The minimum atomic E-state index is -0.556. The number of ether oxygens (including phenoxy) is 5. The molecule has 1 saturated heterocycles. The largest absolute Gasteiger partial charge is 0.493 e. The van der Waals surface area contributed by atoms with Crippen LogP contribution in [-0.4, -0.2) is 57.9 Å². The predicted octanol–water partition coefficient (Wildman–Crippen LogP) is 6.83. The molecule has 0 aromatic heterocycles. The smallest absolute Gasteiger partial charge is 0.407 e. The lowest BCUT2D eigenvalue weighted by molar-refractivity contribution is 0.0305. The maximum atomic E-state index is 12.9. The molecule has 1 N–H and O–H groups in total. The van der Waals surface area contributed by atoms with E-state index in [1.54, 1.807) is 14.2 Å². The van der Waals surface area contributed by atoms with Gasteiger partial charge in [-0.2, -0.15) is 0 Å². The van der Waals surface area contributed by atoms with E-state index < -0.39 is 5.60 Å². The zero-order chi connectivity index (χ0) is 28.5. The number of hydrogen-bond acceptors (Lipinski definition) is 6. The Morgan fingerprint density at radius 1 is 1.08 bits per heavy atom. The number of carbonyl (C=O) groups is 1. The van der Waals surface area contributed by atoms with Crippen molar-refractivity contribution >= 4 is 6.09 Å². The van der Waals surface area contributed by atoms with Gasteiger partial charge < -0.3 is 29.0 Å². The van der Waals surface area contributed by atoms with Crippen molar-refractivity contribution in [3.8, 4) is 11.5 Å². The van der Waals surface area contributed by atoms with Crippen LogP contribution in [0.3, 0.4) is 0 Å². The van der Waals surface area contributed by atoms with Crippen molar-refractivity contribution in [2.45, 2.75) is 98.3 Å². The standard InChI is InChI=1S/C31H53NO6/c1-20(2)24-17-28(37-19-24)26(32-30(33)38-31(6,7)8)18-25(21(3)4)22(5)23-12-13-27(35-10)29(16-23)36-15-11-14-34-9/h12-13,16,20-22,24-26,28H,11,14-15,17-19H2,1-10H3,(H,32,33)/t22-,24+,25-,26-,28-/m0/s1. The van der Waals surface area contributed by atoms with E-state index >= 15 is 0 Å². The Morgan fingerprint density at radius 2 is 1.79 bits per heavy atom. The Kier molecular flexibility index (Phi) is 12.7. The topological polar surface area (TPSA) is 75.3 Å². The van der Waals surface area contributed by atoms with Crippen LogP contribution in [-0.2, 0) is 14.2 Å². The van der Waals surface area contributed by atoms with Crippen molar-refractivity contribution in [2.75, 3.05) is 34.0 Å². The SMILES string of the molecule is COCCCOc1cc([C@H](C)[C@@H](C[C@H](NC(=O)OC(C)(C)C)[C@@H]2C[C@@H](C(C)C)CO2)C(C)C)ccc1OC. The molecule has 1 aliphatic heterocycles. The molecular formula is C31H53NO6. The molecule has 1 aromatic carbocycles. The van der Waals surface area contributed by atoms with E-state index in [0.717, 1.165) is 37.4 Å². The van der Waals surface area contributed by atoms with Crippen LogP contribution in [0.2, 0.25) is 0 Å². The summed E-state index contributed by atoms with van der Waals surface area (Å²) in [5.41, 5.74) is 0.633. The van der Waals surface area contributed by atoms with Gasteiger partial charge in [0, 0.05) is 20.1 Å². The van der Waals surface area contributed by atoms with Gasteiger partial charge in [0.25, 0.3) is 0 Å². The number of amides is 1. The number of methoxy groups -OCH3 is 2. The van der Waals surface area contributed by atoms with Gasteiger partial charge in [0.1, 0.15) is 5.60 Å². The molecule has 7 nitrogen and oxygen atoms in total. The first-order chi connectivity index (χ1) is 17.9. The molecule has 1 aliphatic rings. The molecule has 0 spiro atoms. The molecule has 38 heavy (non-hydrogen) atoms. The zero-order valence-electron chi connectivity index (χ0n) is 25.5. The van der Waals surface area contributed by atoms with Crippen molar-refractivity contribution in [3.05, 3.63) is 23.8 Å². The van der Waals surface area contributed by atoms with Gasteiger partial charge in [-0.25, -0.2) is 4.79 Å². The van der Waals surface area contributed by atoms with Crippen LogP contribution < -0.4 is 14.8 Å². The summed E-state index contributed by atoms with van der Waals surface area (Å²) in [4.78, 5) is 12.9. The first-order valence-electron chi connectivity index (χ1n) is 14.3. The predicted molar refractivity (Wildman–Crippen MR) is 152 cm³/mol. The number of nitrogens with one attached hydrogen (secondary N) is 1. The van der Waals surface area contributed by atoms with E-state index in [9.17, 15) is 4.79 Å². The lowest BCUT2D eigenvalue weighted by Crippen LogP contribution is -2.47. The number of alkyl carbamates (subject to hydrolysis) is 1. The van der Waals surface area contributed by atoms with Crippen LogP contribution in [0.1, 0.15) is 86.1 Å². The van der Waals surface area contributed by atoms with Gasteiger partial charge in [0.15, 0.2) is 11.5 Å². The van der Waals surface area contributed by atoms with Crippen LogP contribution in [0.4, 0.5) is 4.79 Å². The minimum absolute atomic E-state index is 0.0288. The van der Waals surface area contributed by atoms with Gasteiger partial charge >= 0.3 is 6.09 Å². The fraction of sp³-hybridized carbons (Fsp3) is 0.774. The van der Waals surface area contributed by atoms with E-state index in [1.807, 2.05) is 26.8 Å². The minimum Gasteiger partial charge on any atom is -0.493 e. The Morgan fingerprint density at radius 3 is 2.34 bits per heavy atom. The molecule has 2 rings (SSSR count). The summed E-state index contributed by atoms with van der Waals surface area (Å²) < 4.78 is 28.7. The molecule has 0 aliphatic carbocycles. The monoisotopic (exact) mass is 535 g/mol. The van der Waals surface area contributed by atoms with E-state index in [1.165, 1.54) is 5.56 Å². The van der Waals surface area contributed by atoms with Crippen LogP contribution in [0, 0.1) is 23.7 Å². The third-order valence-corrected chi connectivity index (χ3v) is 7.64. The molecular weight excluding hydrogens is 482 g/mol. The Balaban J connectivity index is 2.27. The Hall–Kier alpha value is -1.99. The first kappa shape index (κ1) is 32.2. The fourth-order valence-corrected chi connectivity index (χ4v) is 5.26. The molecule has 1 heterocycles. The molecule has 5 atom stereocenters. The molecule has 0 bridgehead atoms. The van der Waals surface area contributed by atoms with Crippen LogP contribution in [0.25, 0.3) is 0 Å². The van der Waals surface area contributed by atoms with E-state index in [4.69, 9.17) is 23.7 Å². The van der Waals surface area contributed by atoms with Gasteiger partial charge in [-0.15, -0.1) is 0 Å². The van der Waals surface area contributed by atoms with Crippen LogP contribution in [0.5, 0.6) is 11.5 Å². The Labute approximate surface area is 231 Å². The van der Waals surface area contributed by atoms with Crippen LogP contribution >= 0.6 is 0 Å². The quantitative estimate of drug-likeness (QED) is 0.263. The second kappa shape index (κ2) is 15.0. The molecule has 7 heteroatoms. The lowest BCUT2D eigenvalue weighted by atomic mass is 9.75. The van der Waals surface area contributed by atoms with Gasteiger partial charge in [-0.1, -0.05) is 40.7 Å². The lowest BCUT2D eigenvalue weighted by Gasteiger charge is -2.34. The zero-order valence-corrected chi connectivity index (χ0v) is 25.5. The molecule has 1 aromatic rings. The number of rotatable bonds is 14. The van der Waals surface area contributed by atoms with E-state index in [2.05, 4.69) is 52.1 Å². The van der Waals surface area contributed by atoms with Crippen molar-refractivity contribution in [2.24, 2.45) is 23.7 Å². The van der Waals surface area contributed by atoms with Crippen molar-refractivity contribution in [1.82, 2.24) is 5.32 Å². The van der Waals surface area contributed by atoms with E-state index in [-0.39, 0.29) is 24.2 Å². The van der Waals surface area contributed by atoms with Crippen LogP contribution in [0.15, 0.2) is 18.2 Å². The van der Waals surface area contributed by atoms with Gasteiger partial charge in [0.2, 0.25) is 0 Å². The highest BCUT2D eigenvalue weighted by Gasteiger charge is 2.37. The second-order valence-corrected chi connectivity index (χ2v) is 12.4. The summed E-state index contributed by atoms with van der Waals surface area (Å²) in [5.74, 6) is 3.43. The Bertz CT molecular complexity index is 849. The normalized spacial score (nSPS) is 20.3. The summed E-state index contributed by atoms with van der Waals surface area (Å²) in [7, 11) is 3.36. The summed E-state index contributed by atoms with van der Waals surface area (Å²) >= 11 is 0. The molecule has 1 amide bonds. The number of benzene rings is 1. The van der Waals surface area contributed by atoms with Gasteiger partial charge in [0.05, 0.1) is 32.5 Å². The maximum Gasteiger partial charge on any atom is 0.407 e. The molecule has 0 radical (unpaired) electrons. The van der Waals surface area contributed by atoms with Crippen molar-refractivity contribution in [1.29, 1.82) is 0 Å². The summed E-state index contributed by atoms with van der Waals surface area (Å²) in [6.07, 6.45) is 2.14. The first-order valence-corrected chi connectivity index (χ1v) is 14.3. The highest BCUT2D eigenvalue weighted by molar-refractivity contribution is 5.68. The van der Waals surface area contributed by atoms with Crippen molar-refractivity contribution in [3.63, 3.8) is 0 Å². The third-order valence-electron chi connectivity index (χ3n) is 7.64. The molecule has 1 fully saturated rings. The number of carbonyl (C=O) groups excluding carboxylic acids is 1. The average Bonchev–Trinajstić information content (AvgIpc) is 3.33. The molecule has 0 saturated carbocycles. The average molecular weight is 536 g/mol. The maximum absolute atomic E-state index is 12.9. The van der Waals surface area contributed by atoms with E-state index in [0.29, 0.717) is 36.9 Å². The van der Waals surface area contributed by atoms with Gasteiger partial charge in [-0.3, -0.25) is 0 Å². The fourth-order valence-electron chi connectivity index (χ4n) is 5.26. The highest BCUT2D eigenvalue weighted by Crippen LogP contribution is 2.39. The number of hydrogen-bond donors (Lipinski definition) is 1. The molecule has 0 unspecified atom stereocenters. The third kappa shape index (κ3) is 9.96. The summed E-state index contributed by atoms with van der Waals surface area (Å²) in [5, 5.41) is 3.19.